The molecule has 0 spiro atoms. The van der Waals surface area contributed by atoms with Crippen molar-refractivity contribution in [3.8, 4) is 0 Å². The van der Waals surface area contributed by atoms with Crippen LogP contribution in [0.1, 0.15) is 31.8 Å². The Morgan fingerprint density at radius 1 is 0.477 bits per heavy atom. The Morgan fingerprint density at radius 2 is 0.773 bits per heavy atom. The molecule has 4 aromatic carbocycles. The van der Waals surface area contributed by atoms with Gasteiger partial charge in [0, 0.05) is 34.4 Å². The largest absolute Gasteiger partial charge is 0.466 e. The van der Waals surface area contributed by atoms with Crippen molar-refractivity contribution in [3.63, 3.8) is 0 Å². The second-order valence-corrected chi connectivity index (χ2v) is 9.77. The molecule has 8 nitrogen and oxygen atoms in total. The minimum atomic E-state index is -1.99. The van der Waals surface area contributed by atoms with Crippen molar-refractivity contribution in [2.24, 2.45) is 0 Å². The molecular weight excluding hydrogens is 560 g/mol. The van der Waals surface area contributed by atoms with Crippen LogP contribution in [0.15, 0.2) is 145 Å². The molecule has 1 fully saturated rings. The van der Waals surface area contributed by atoms with Crippen LogP contribution in [0.5, 0.6) is 0 Å². The number of ether oxygens (including phenoxy) is 4. The van der Waals surface area contributed by atoms with Crippen molar-refractivity contribution >= 4 is 23.9 Å². The van der Waals surface area contributed by atoms with Crippen molar-refractivity contribution in [2.75, 3.05) is 14.2 Å². The third kappa shape index (κ3) is 5.18. The van der Waals surface area contributed by atoms with Crippen molar-refractivity contribution in [2.45, 2.75) is 11.2 Å². The summed E-state index contributed by atoms with van der Waals surface area (Å²) in [5, 5.41) is 0. The summed E-state index contributed by atoms with van der Waals surface area (Å²) in [6.45, 7) is 0. The molecule has 1 aliphatic rings. The van der Waals surface area contributed by atoms with Gasteiger partial charge in [-0.3, -0.25) is 0 Å². The summed E-state index contributed by atoms with van der Waals surface area (Å²) in [6.07, 6.45) is 2.25. The van der Waals surface area contributed by atoms with E-state index in [-0.39, 0.29) is 22.3 Å². The predicted octanol–water partition coefficient (Wildman–Crippen LogP) is 5.70. The third-order valence-corrected chi connectivity index (χ3v) is 7.34. The molecule has 0 aromatic heterocycles. The molecular formula is C36H28O8. The van der Waals surface area contributed by atoms with Gasteiger partial charge in [0.25, 0.3) is 0 Å². The second kappa shape index (κ2) is 12.6. The van der Waals surface area contributed by atoms with Gasteiger partial charge in [0.2, 0.25) is 11.2 Å². The van der Waals surface area contributed by atoms with Crippen LogP contribution in [0.25, 0.3) is 0 Å². The summed E-state index contributed by atoms with van der Waals surface area (Å²) in [4.78, 5) is 53.7. The van der Waals surface area contributed by atoms with Gasteiger partial charge in [-0.15, -0.1) is 0 Å². The van der Waals surface area contributed by atoms with E-state index in [0.29, 0.717) is 11.1 Å². The van der Waals surface area contributed by atoms with Gasteiger partial charge in [-0.1, -0.05) is 97.1 Å². The first kappa shape index (κ1) is 29.7. The summed E-state index contributed by atoms with van der Waals surface area (Å²) in [6, 6.07) is 33.7. The maximum atomic E-state index is 14.0. The lowest BCUT2D eigenvalue weighted by Crippen LogP contribution is -2.66. The van der Waals surface area contributed by atoms with E-state index in [1.807, 2.05) is 0 Å². The Balaban J connectivity index is 1.90. The lowest BCUT2D eigenvalue weighted by molar-refractivity contribution is -0.163. The summed E-state index contributed by atoms with van der Waals surface area (Å²) in [5.41, 5.74) is -2.69. The van der Waals surface area contributed by atoms with E-state index in [9.17, 15) is 19.2 Å². The zero-order valence-corrected chi connectivity index (χ0v) is 24.0. The second-order valence-electron chi connectivity index (χ2n) is 9.77. The molecule has 0 amide bonds. The monoisotopic (exact) mass is 588 g/mol. The van der Waals surface area contributed by atoms with Crippen LogP contribution in [-0.4, -0.2) is 38.1 Å². The fourth-order valence-electron chi connectivity index (χ4n) is 5.39. The molecule has 2 atom stereocenters. The Kier molecular flexibility index (Phi) is 8.53. The Hall–Kier alpha value is -5.76. The lowest BCUT2D eigenvalue weighted by Gasteiger charge is -2.59. The highest BCUT2D eigenvalue weighted by Crippen LogP contribution is 2.67. The zero-order valence-electron chi connectivity index (χ0n) is 24.0. The van der Waals surface area contributed by atoms with E-state index in [0.717, 1.165) is 12.2 Å². The van der Waals surface area contributed by atoms with Crippen molar-refractivity contribution in [3.05, 3.63) is 167 Å². The molecule has 1 aliphatic carbocycles. The van der Waals surface area contributed by atoms with Gasteiger partial charge in [-0.2, -0.15) is 0 Å². The molecule has 0 N–H and O–H groups in total. The number of methoxy groups -OCH3 is 2. The quantitative estimate of drug-likeness (QED) is 0.147. The minimum Gasteiger partial charge on any atom is -0.466 e. The highest BCUT2D eigenvalue weighted by atomic mass is 16.6. The smallest absolute Gasteiger partial charge is 0.339 e. The molecule has 0 unspecified atom stereocenters. The summed E-state index contributed by atoms with van der Waals surface area (Å²) >= 11 is 0. The molecule has 8 heteroatoms. The van der Waals surface area contributed by atoms with E-state index < -0.39 is 35.1 Å². The van der Waals surface area contributed by atoms with Crippen LogP contribution < -0.4 is 0 Å². The van der Waals surface area contributed by atoms with Crippen molar-refractivity contribution in [1.29, 1.82) is 0 Å². The van der Waals surface area contributed by atoms with E-state index in [1.54, 1.807) is 121 Å². The van der Waals surface area contributed by atoms with Gasteiger partial charge in [-0.25, -0.2) is 19.2 Å². The van der Waals surface area contributed by atoms with Crippen LogP contribution in [-0.2, 0) is 39.7 Å². The number of esters is 4. The fraction of sp³-hybridized carbons (Fsp3) is 0.111. The Labute approximate surface area is 254 Å². The van der Waals surface area contributed by atoms with Gasteiger partial charge in [0.15, 0.2) is 0 Å². The summed E-state index contributed by atoms with van der Waals surface area (Å²) < 4.78 is 22.9. The number of carbonyl (C=O) groups excluding carboxylic acids is 4. The lowest BCUT2D eigenvalue weighted by atomic mass is 9.52. The normalized spacial score (nSPS) is 20.7. The van der Waals surface area contributed by atoms with Gasteiger partial charge in [-0.05, 0) is 24.3 Å². The third-order valence-electron chi connectivity index (χ3n) is 7.34. The van der Waals surface area contributed by atoms with Crippen LogP contribution in [0.2, 0.25) is 0 Å². The number of hydrogen-bond acceptors (Lipinski definition) is 8. The molecule has 1 saturated carbocycles. The first-order valence-electron chi connectivity index (χ1n) is 13.7. The molecule has 0 aliphatic heterocycles. The molecule has 4 aromatic rings. The summed E-state index contributed by atoms with van der Waals surface area (Å²) in [7, 11) is 2.39. The highest BCUT2D eigenvalue weighted by molar-refractivity contribution is 5.96. The van der Waals surface area contributed by atoms with E-state index in [2.05, 4.69) is 0 Å². The average Bonchev–Trinajstić information content (AvgIpc) is 3.09. The maximum Gasteiger partial charge on any atom is 0.339 e. The number of hydrogen-bond donors (Lipinski definition) is 0. The van der Waals surface area contributed by atoms with Crippen LogP contribution in [0, 0.1) is 0 Å². The van der Waals surface area contributed by atoms with E-state index in [4.69, 9.17) is 18.9 Å². The first-order chi connectivity index (χ1) is 21.4. The summed E-state index contributed by atoms with van der Waals surface area (Å²) in [5.74, 6) is -3.11. The molecule has 44 heavy (non-hydrogen) atoms. The Bertz CT molecular complexity index is 1600. The molecule has 0 radical (unpaired) electrons. The van der Waals surface area contributed by atoms with E-state index >= 15 is 0 Å². The SMILES string of the molecule is COC(=O)/C=C1\C(=C/C(=O)OC)[C@@](OC(=O)c2ccccc2)(c2ccccc2)[C@]1(OC(=O)c1ccccc1)c1ccccc1. The average molecular weight is 589 g/mol. The number of carbonyl (C=O) groups is 4. The molecule has 5 rings (SSSR count). The Morgan fingerprint density at radius 3 is 1.07 bits per heavy atom. The van der Waals surface area contributed by atoms with Crippen molar-refractivity contribution in [1.82, 2.24) is 0 Å². The highest BCUT2D eigenvalue weighted by Gasteiger charge is 2.74. The van der Waals surface area contributed by atoms with Gasteiger partial charge in [0.1, 0.15) is 0 Å². The van der Waals surface area contributed by atoms with Gasteiger partial charge < -0.3 is 18.9 Å². The topological polar surface area (TPSA) is 105 Å². The molecule has 0 bridgehead atoms. The predicted molar refractivity (Wildman–Crippen MR) is 160 cm³/mol. The zero-order chi connectivity index (χ0) is 31.2. The standard InChI is InChI=1S/C36H28O8/c1-41-31(37)23-29-30(24-32(38)42-2)36(28-21-13-6-14-22-28,44-34(40)26-17-9-4-10-18-26)35(29,27-19-11-5-12-20-27)43-33(39)25-15-7-3-8-16-25/h3-24H,1-2H3/b29-23+,30-24+/t35-,36-/m0/s1. The number of rotatable bonds is 8. The van der Waals surface area contributed by atoms with Crippen molar-refractivity contribution < 1.29 is 38.1 Å². The van der Waals surface area contributed by atoms with Gasteiger partial charge in [0.05, 0.1) is 25.3 Å². The molecule has 0 saturated heterocycles. The van der Waals surface area contributed by atoms with Crippen LogP contribution in [0.3, 0.4) is 0 Å². The fourth-order valence-corrected chi connectivity index (χ4v) is 5.39. The van der Waals surface area contributed by atoms with Crippen LogP contribution in [0.4, 0.5) is 0 Å². The number of benzene rings is 4. The maximum absolute atomic E-state index is 14.0. The first-order valence-corrected chi connectivity index (χ1v) is 13.7. The van der Waals surface area contributed by atoms with Gasteiger partial charge >= 0.3 is 23.9 Å². The molecule has 220 valence electrons. The van der Waals surface area contributed by atoms with Crippen LogP contribution >= 0.6 is 0 Å². The minimum absolute atomic E-state index is 0.0648. The van der Waals surface area contributed by atoms with E-state index in [1.165, 1.54) is 14.2 Å². The molecule has 0 heterocycles.